The van der Waals surface area contributed by atoms with Gasteiger partial charge in [0.15, 0.2) is 0 Å². The third kappa shape index (κ3) is 2.67. The quantitative estimate of drug-likeness (QED) is 0.780. The molecule has 1 aromatic carbocycles. The van der Waals surface area contributed by atoms with E-state index < -0.39 is 0 Å². The van der Waals surface area contributed by atoms with Gasteiger partial charge in [-0.1, -0.05) is 17.7 Å². The number of β-amino-alcohol motifs (C(OH)–C–C–N with tert-alkyl or cyclic N) is 1. The summed E-state index contributed by atoms with van der Waals surface area (Å²) in [7, 11) is 0. The van der Waals surface area contributed by atoms with E-state index in [2.05, 4.69) is 16.3 Å². The van der Waals surface area contributed by atoms with Crippen LogP contribution in [-0.4, -0.2) is 37.4 Å². The fourth-order valence-electron chi connectivity index (χ4n) is 1.91. The number of nitrogens with one attached hydrogen (secondary N) is 1. The standard InChI is InChI=1S/C12H17ClN2O/c1-9-2-3-10(6-12(9)13)15-5-4-14-7-11(16)8-15/h2-3,6,11,14,16H,4-5,7-8H2,1H3. The number of halogens is 1. The van der Waals surface area contributed by atoms with Gasteiger partial charge in [0.1, 0.15) is 0 Å². The number of benzene rings is 1. The molecule has 4 heteroatoms. The van der Waals surface area contributed by atoms with Gasteiger partial charge in [-0.2, -0.15) is 0 Å². The second-order valence-electron chi connectivity index (χ2n) is 4.24. The number of aliphatic hydroxyl groups is 1. The van der Waals surface area contributed by atoms with Crippen LogP contribution in [0.4, 0.5) is 5.69 Å². The number of hydrogen-bond acceptors (Lipinski definition) is 3. The minimum Gasteiger partial charge on any atom is -0.390 e. The predicted molar refractivity (Wildman–Crippen MR) is 67.3 cm³/mol. The van der Waals surface area contributed by atoms with Crippen LogP contribution >= 0.6 is 11.6 Å². The van der Waals surface area contributed by atoms with E-state index in [1.54, 1.807) is 0 Å². The first-order chi connectivity index (χ1) is 7.66. The first-order valence-electron chi connectivity index (χ1n) is 5.56. The van der Waals surface area contributed by atoms with Crippen molar-refractivity contribution in [2.24, 2.45) is 0 Å². The molecule has 1 atom stereocenters. The topological polar surface area (TPSA) is 35.5 Å². The van der Waals surface area contributed by atoms with Crippen molar-refractivity contribution in [3.05, 3.63) is 28.8 Å². The zero-order valence-electron chi connectivity index (χ0n) is 9.41. The average Bonchev–Trinajstić information content (AvgIpc) is 2.47. The molecule has 0 amide bonds. The summed E-state index contributed by atoms with van der Waals surface area (Å²) >= 11 is 6.11. The van der Waals surface area contributed by atoms with Crippen LogP contribution in [0.3, 0.4) is 0 Å². The van der Waals surface area contributed by atoms with Gasteiger partial charge < -0.3 is 15.3 Å². The molecule has 1 heterocycles. The summed E-state index contributed by atoms with van der Waals surface area (Å²) in [6.07, 6.45) is -0.317. The van der Waals surface area contributed by atoms with E-state index >= 15 is 0 Å². The van der Waals surface area contributed by atoms with Crippen molar-refractivity contribution in [3.8, 4) is 0 Å². The molecule has 2 rings (SSSR count). The summed E-state index contributed by atoms with van der Waals surface area (Å²) in [4.78, 5) is 2.16. The van der Waals surface area contributed by atoms with Gasteiger partial charge in [0.25, 0.3) is 0 Å². The Balaban J connectivity index is 2.18. The van der Waals surface area contributed by atoms with Crippen LogP contribution in [0, 0.1) is 6.92 Å². The van der Waals surface area contributed by atoms with Crippen molar-refractivity contribution < 1.29 is 5.11 Å². The largest absolute Gasteiger partial charge is 0.390 e. The number of hydrogen-bond donors (Lipinski definition) is 2. The maximum absolute atomic E-state index is 9.71. The molecule has 0 aliphatic carbocycles. The predicted octanol–water partition coefficient (Wildman–Crippen LogP) is 1.42. The molecule has 0 bridgehead atoms. The Labute approximate surface area is 101 Å². The van der Waals surface area contributed by atoms with Crippen LogP contribution in [0.1, 0.15) is 5.56 Å². The molecule has 88 valence electrons. The molecule has 2 N–H and O–H groups in total. The Morgan fingerprint density at radius 3 is 3.06 bits per heavy atom. The van der Waals surface area contributed by atoms with Crippen molar-refractivity contribution >= 4 is 17.3 Å². The molecule has 16 heavy (non-hydrogen) atoms. The zero-order valence-corrected chi connectivity index (χ0v) is 10.2. The first kappa shape index (κ1) is 11.7. The summed E-state index contributed by atoms with van der Waals surface area (Å²) in [5.74, 6) is 0. The fraction of sp³-hybridized carbons (Fsp3) is 0.500. The highest BCUT2D eigenvalue weighted by Crippen LogP contribution is 2.23. The first-order valence-corrected chi connectivity index (χ1v) is 5.94. The normalized spacial score (nSPS) is 21.9. The maximum atomic E-state index is 9.71. The van der Waals surface area contributed by atoms with Crippen LogP contribution in [0.15, 0.2) is 18.2 Å². The fourth-order valence-corrected chi connectivity index (χ4v) is 2.08. The Bertz CT molecular complexity index is 370. The van der Waals surface area contributed by atoms with Crippen LogP contribution in [0.5, 0.6) is 0 Å². The van der Waals surface area contributed by atoms with E-state index in [-0.39, 0.29) is 6.10 Å². The Kier molecular flexibility index (Phi) is 3.69. The van der Waals surface area contributed by atoms with Crippen LogP contribution in [0.25, 0.3) is 0 Å². The van der Waals surface area contributed by atoms with Crippen molar-refractivity contribution in [2.45, 2.75) is 13.0 Å². The molecule has 3 nitrogen and oxygen atoms in total. The van der Waals surface area contributed by atoms with Crippen molar-refractivity contribution in [1.82, 2.24) is 5.32 Å². The Hall–Kier alpha value is -0.770. The summed E-state index contributed by atoms with van der Waals surface area (Å²) in [6.45, 7) is 5.10. The molecular formula is C12H17ClN2O. The molecule has 1 fully saturated rings. The van der Waals surface area contributed by atoms with Gasteiger partial charge in [0, 0.05) is 36.9 Å². The van der Waals surface area contributed by atoms with Gasteiger partial charge in [-0.25, -0.2) is 0 Å². The van der Waals surface area contributed by atoms with Crippen molar-refractivity contribution in [3.63, 3.8) is 0 Å². The number of aryl methyl sites for hydroxylation is 1. The number of aliphatic hydroxyl groups excluding tert-OH is 1. The van der Waals surface area contributed by atoms with E-state index in [0.717, 1.165) is 29.4 Å². The molecular weight excluding hydrogens is 224 g/mol. The van der Waals surface area contributed by atoms with Crippen molar-refractivity contribution in [1.29, 1.82) is 0 Å². The molecule has 1 saturated heterocycles. The highest BCUT2D eigenvalue weighted by molar-refractivity contribution is 6.31. The van der Waals surface area contributed by atoms with E-state index in [4.69, 9.17) is 11.6 Å². The zero-order chi connectivity index (χ0) is 11.5. The maximum Gasteiger partial charge on any atom is 0.0839 e. The van der Waals surface area contributed by atoms with E-state index in [1.165, 1.54) is 0 Å². The molecule has 1 aliphatic rings. The van der Waals surface area contributed by atoms with Gasteiger partial charge in [0.2, 0.25) is 0 Å². The van der Waals surface area contributed by atoms with Gasteiger partial charge in [0.05, 0.1) is 6.10 Å². The Morgan fingerprint density at radius 1 is 1.50 bits per heavy atom. The highest BCUT2D eigenvalue weighted by atomic mass is 35.5. The summed E-state index contributed by atoms with van der Waals surface area (Å²) < 4.78 is 0. The van der Waals surface area contributed by atoms with Crippen LogP contribution < -0.4 is 10.2 Å². The molecule has 1 aliphatic heterocycles. The molecule has 0 aromatic heterocycles. The van der Waals surface area contributed by atoms with E-state index in [1.807, 2.05) is 19.1 Å². The van der Waals surface area contributed by atoms with Gasteiger partial charge in [-0.3, -0.25) is 0 Å². The summed E-state index contributed by atoms with van der Waals surface area (Å²) in [6, 6.07) is 6.04. The average molecular weight is 241 g/mol. The number of anilines is 1. The smallest absolute Gasteiger partial charge is 0.0839 e. The number of rotatable bonds is 1. The lowest BCUT2D eigenvalue weighted by Crippen LogP contribution is -2.32. The second-order valence-corrected chi connectivity index (χ2v) is 4.64. The van der Waals surface area contributed by atoms with Gasteiger partial charge in [-0.05, 0) is 24.6 Å². The summed E-state index contributed by atoms with van der Waals surface area (Å²) in [5, 5.41) is 13.7. The van der Waals surface area contributed by atoms with Gasteiger partial charge >= 0.3 is 0 Å². The van der Waals surface area contributed by atoms with E-state index in [9.17, 15) is 5.11 Å². The van der Waals surface area contributed by atoms with Gasteiger partial charge in [-0.15, -0.1) is 0 Å². The second kappa shape index (κ2) is 5.04. The van der Waals surface area contributed by atoms with Crippen molar-refractivity contribution in [2.75, 3.05) is 31.1 Å². The highest BCUT2D eigenvalue weighted by Gasteiger charge is 2.16. The van der Waals surface area contributed by atoms with E-state index in [0.29, 0.717) is 13.1 Å². The molecule has 1 aromatic rings. The SMILES string of the molecule is Cc1ccc(N2CCNCC(O)C2)cc1Cl. The van der Waals surface area contributed by atoms with Crippen LogP contribution in [-0.2, 0) is 0 Å². The Morgan fingerprint density at radius 2 is 2.31 bits per heavy atom. The minimum atomic E-state index is -0.317. The monoisotopic (exact) mass is 240 g/mol. The van der Waals surface area contributed by atoms with Crippen LogP contribution in [0.2, 0.25) is 5.02 Å². The number of nitrogens with zero attached hydrogens (tertiary/aromatic N) is 1. The molecule has 0 spiro atoms. The molecule has 0 radical (unpaired) electrons. The lowest BCUT2D eigenvalue weighted by Gasteiger charge is -2.24. The third-order valence-corrected chi connectivity index (χ3v) is 3.30. The minimum absolute atomic E-state index is 0.317. The molecule has 0 saturated carbocycles. The lowest BCUT2D eigenvalue weighted by atomic mass is 10.2. The third-order valence-electron chi connectivity index (χ3n) is 2.89. The molecule has 1 unspecified atom stereocenters. The lowest BCUT2D eigenvalue weighted by molar-refractivity contribution is 0.185. The summed E-state index contributed by atoms with van der Waals surface area (Å²) in [5.41, 5.74) is 2.16.